The lowest BCUT2D eigenvalue weighted by Crippen LogP contribution is -2.38. The zero-order valence-electron chi connectivity index (χ0n) is 14.9. The zero-order chi connectivity index (χ0) is 19.0. The lowest BCUT2D eigenvalue weighted by atomic mass is 10.0. The number of nitrogens with zero attached hydrogens (tertiary/aromatic N) is 2. The number of nitro benzene ring substituents is 1. The predicted octanol–water partition coefficient (Wildman–Crippen LogP) is 3.35. The third kappa shape index (κ3) is 3.23. The Labute approximate surface area is 155 Å². The van der Waals surface area contributed by atoms with E-state index in [1.165, 1.54) is 6.07 Å². The largest absolute Gasteiger partial charge is 0.477 e. The van der Waals surface area contributed by atoms with Crippen LogP contribution in [0, 0.1) is 17.0 Å². The number of fused-ring (bicyclic) bond motifs is 3. The summed E-state index contributed by atoms with van der Waals surface area (Å²) in [4.78, 5) is 28.4. The summed E-state index contributed by atoms with van der Waals surface area (Å²) in [6, 6.07) is 12.7. The highest BCUT2D eigenvalue weighted by molar-refractivity contribution is 5.86. The average Bonchev–Trinajstić information content (AvgIpc) is 3.03. The van der Waals surface area contributed by atoms with Gasteiger partial charge in [-0.2, -0.15) is 0 Å². The molecule has 1 N–H and O–H groups in total. The van der Waals surface area contributed by atoms with Crippen LogP contribution in [0.25, 0.3) is 10.9 Å². The number of para-hydroxylation sites is 1. The number of ether oxygens (including phenoxy) is 1. The van der Waals surface area contributed by atoms with Crippen LogP contribution in [0.2, 0.25) is 0 Å². The number of carbonyl (C=O) groups excluding carboxylic acids is 1. The van der Waals surface area contributed by atoms with E-state index < -0.39 is 4.92 Å². The number of H-pyrrole nitrogens is 1. The average molecular weight is 365 g/mol. The molecule has 1 aliphatic heterocycles. The van der Waals surface area contributed by atoms with Gasteiger partial charge < -0.3 is 14.6 Å². The Morgan fingerprint density at radius 3 is 2.93 bits per heavy atom. The first-order valence-corrected chi connectivity index (χ1v) is 8.77. The maximum absolute atomic E-state index is 12.6. The fourth-order valence-corrected chi connectivity index (χ4v) is 3.50. The SMILES string of the molecule is Cc1ccc([N+](=O)[O-])c(OCC(=O)N2CCc3[nH]c4ccccc4c3C2)c1. The normalized spacial score (nSPS) is 13.4. The molecule has 0 unspecified atom stereocenters. The summed E-state index contributed by atoms with van der Waals surface area (Å²) >= 11 is 0. The summed E-state index contributed by atoms with van der Waals surface area (Å²) in [6.45, 7) is 2.71. The molecule has 138 valence electrons. The Bertz CT molecular complexity index is 1040. The molecule has 0 saturated carbocycles. The van der Waals surface area contributed by atoms with Crippen molar-refractivity contribution in [2.24, 2.45) is 0 Å². The monoisotopic (exact) mass is 365 g/mol. The van der Waals surface area contributed by atoms with Crippen LogP contribution in [0.15, 0.2) is 42.5 Å². The number of benzene rings is 2. The van der Waals surface area contributed by atoms with Crippen LogP contribution in [0.3, 0.4) is 0 Å². The summed E-state index contributed by atoms with van der Waals surface area (Å²) < 4.78 is 5.51. The van der Waals surface area contributed by atoms with E-state index in [9.17, 15) is 14.9 Å². The minimum Gasteiger partial charge on any atom is -0.477 e. The van der Waals surface area contributed by atoms with Crippen LogP contribution in [0.5, 0.6) is 5.75 Å². The second-order valence-electron chi connectivity index (χ2n) is 6.71. The molecule has 1 amide bonds. The first-order chi connectivity index (χ1) is 13.0. The van der Waals surface area contributed by atoms with Crippen molar-refractivity contribution in [1.82, 2.24) is 9.88 Å². The van der Waals surface area contributed by atoms with E-state index in [2.05, 4.69) is 4.98 Å². The molecule has 0 fully saturated rings. The minimum absolute atomic E-state index is 0.123. The predicted molar refractivity (Wildman–Crippen MR) is 101 cm³/mol. The van der Waals surface area contributed by atoms with Crippen molar-refractivity contribution >= 4 is 22.5 Å². The van der Waals surface area contributed by atoms with Crippen LogP contribution in [0.4, 0.5) is 5.69 Å². The summed E-state index contributed by atoms with van der Waals surface area (Å²) in [7, 11) is 0. The molecule has 0 spiro atoms. The van der Waals surface area contributed by atoms with Crippen LogP contribution >= 0.6 is 0 Å². The van der Waals surface area contributed by atoms with E-state index in [0.29, 0.717) is 13.1 Å². The molecule has 27 heavy (non-hydrogen) atoms. The molecular formula is C20H19N3O4. The molecule has 0 saturated heterocycles. The number of nitrogens with one attached hydrogen (secondary N) is 1. The standard InChI is InChI=1S/C20H19N3O4/c1-13-6-7-18(23(25)26)19(10-13)27-12-20(24)22-9-8-17-15(11-22)14-4-2-3-5-16(14)21-17/h2-7,10,21H,8-9,11-12H2,1H3. The van der Waals surface area contributed by atoms with Gasteiger partial charge >= 0.3 is 5.69 Å². The van der Waals surface area contributed by atoms with Crippen LogP contribution < -0.4 is 4.74 Å². The molecular weight excluding hydrogens is 346 g/mol. The number of carbonyl (C=O) groups is 1. The third-order valence-electron chi connectivity index (χ3n) is 4.90. The van der Waals surface area contributed by atoms with Crippen molar-refractivity contribution in [3.63, 3.8) is 0 Å². The van der Waals surface area contributed by atoms with Crippen LogP contribution in [-0.2, 0) is 17.8 Å². The van der Waals surface area contributed by atoms with E-state index in [4.69, 9.17) is 4.74 Å². The molecule has 7 nitrogen and oxygen atoms in total. The Morgan fingerprint density at radius 1 is 1.30 bits per heavy atom. The topological polar surface area (TPSA) is 88.5 Å². The van der Waals surface area contributed by atoms with Gasteiger partial charge in [0.05, 0.1) is 4.92 Å². The molecule has 2 heterocycles. The van der Waals surface area contributed by atoms with E-state index in [1.54, 1.807) is 17.0 Å². The first-order valence-electron chi connectivity index (χ1n) is 8.77. The molecule has 7 heteroatoms. The number of aromatic amines is 1. The van der Waals surface area contributed by atoms with Gasteiger partial charge in [0, 0.05) is 47.7 Å². The van der Waals surface area contributed by atoms with Crippen molar-refractivity contribution < 1.29 is 14.5 Å². The fourth-order valence-electron chi connectivity index (χ4n) is 3.50. The number of aryl methyl sites for hydroxylation is 1. The summed E-state index contributed by atoms with van der Waals surface area (Å²) in [5.74, 6) is -0.0557. The lowest BCUT2D eigenvalue weighted by Gasteiger charge is -2.27. The molecule has 1 aliphatic rings. The van der Waals surface area contributed by atoms with Crippen LogP contribution in [0.1, 0.15) is 16.8 Å². The molecule has 1 aromatic heterocycles. The first kappa shape index (κ1) is 17.1. The van der Waals surface area contributed by atoms with Crippen molar-refractivity contribution in [1.29, 1.82) is 0 Å². The quantitative estimate of drug-likeness (QED) is 0.567. The van der Waals surface area contributed by atoms with Gasteiger partial charge in [-0.15, -0.1) is 0 Å². The number of hydrogen-bond donors (Lipinski definition) is 1. The van der Waals surface area contributed by atoms with E-state index >= 15 is 0 Å². The van der Waals surface area contributed by atoms with Crippen molar-refractivity contribution in [3.8, 4) is 5.75 Å². The maximum atomic E-state index is 12.6. The van der Waals surface area contributed by atoms with Gasteiger partial charge in [0.15, 0.2) is 12.4 Å². The van der Waals surface area contributed by atoms with Crippen molar-refractivity contribution in [2.45, 2.75) is 19.9 Å². The zero-order valence-corrected chi connectivity index (χ0v) is 14.9. The van der Waals surface area contributed by atoms with E-state index in [1.807, 2.05) is 31.2 Å². The van der Waals surface area contributed by atoms with Gasteiger partial charge in [0.1, 0.15) is 0 Å². The highest BCUT2D eigenvalue weighted by Crippen LogP contribution is 2.29. The molecule has 0 aliphatic carbocycles. The van der Waals surface area contributed by atoms with Gasteiger partial charge in [0.25, 0.3) is 5.91 Å². The van der Waals surface area contributed by atoms with Crippen molar-refractivity contribution in [3.05, 3.63) is 69.4 Å². The van der Waals surface area contributed by atoms with Gasteiger partial charge in [0.2, 0.25) is 0 Å². The number of nitro groups is 1. The maximum Gasteiger partial charge on any atom is 0.310 e. The number of aromatic nitrogens is 1. The third-order valence-corrected chi connectivity index (χ3v) is 4.90. The molecule has 0 atom stereocenters. The Balaban J connectivity index is 1.49. The smallest absolute Gasteiger partial charge is 0.310 e. The molecule has 0 bridgehead atoms. The van der Waals surface area contributed by atoms with Crippen molar-refractivity contribution in [2.75, 3.05) is 13.2 Å². The second kappa shape index (κ2) is 6.75. The number of rotatable bonds is 4. The van der Waals surface area contributed by atoms with E-state index in [0.717, 1.165) is 34.1 Å². The second-order valence-corrected chi connectivity index (χ2v) is 6.71. The Morgan fingerprint density at radius 2 is 2.11 bits per heavy atom. The summed E-state index contributed by atoms with van der Waals surface area (Å²) in [5.41, 5.74) is 4.07. The molecule has 0 radical (unpaired) electrons. The minimum atomic E-state index is -0.502. The van der Waals surface area contributed by atoms with Gasteiger partial charge in [-0.3, -0.25) is 14.9 Å². The van der Waals surface area contributed by atoms with E-state index in [-0.39, 0.29) is 24.0 Å². The molecule has 3 aromatic rings. The number of amides is 1. The Kier molecular flexibility index (Phi) is 4.27. The Hall–Kier alpha value is -3.35. The van der Waals surface area contributed by atoms with Gasteiger partial charge in [-0.25, -0.2) is 0 Å². The highest BCUT2D eigenvalue weighted by atomic mass is 16.6. The fraction of sp³-hybridized carbons (Fsp3) is 0.250. The molecule has 4 rings (SSSR count). The van der Waals surface area contributed by atoms with Gasteiger partial charge in [-0.05, 0) is 24.6 Å². The molecule has 2 aromatic carbocycles. The van der Waals surface area contributed by atoms with Gasteiger partial charge in [-0.1, -0.05) is 24.3 Å². The number of hydrogen-bond acceptors (Lipinski definition) is 4. The summed E-state index contributed by atoms with van der Waals surface area (Å²) in [6.07, 6.45) is 0.750. The lowest BCUT2D eigenvalue weighted by molar-refractivity contribution is -0.385. The van der Waals surface area contributed by atoms with Crippen LogP contribution in [-0.4, -0.2) is 33.9 Å². The summed E-state index contributed by atoms with van der Waals surface area (Å²) in [5, 5.41) is 12.3. The highest BCUT2D eigenvalue weighted by Gasteiger charge is 2.25.